The summed E-state index contributed by atoms with van der Waals surface area (Å²) in [5, 5.41) is 18.5. The number of hydrogen-bond donors (Lipinski definition) is 2. The second-order valence-electron chi connectivity index (χ2n) is 3.87. The molecule has 15 heavy (non-hydrogen) atoms. The summed E-state index contributed by atoms with van der Waals surface area (Å²) in [6.07, 6.45) is -0.395. The van der Waals surface area contributed by atoms with Crippen LogP contribution in [0.2, 0.25) is 0 Å². The maximum Gasteiger partial charge on any atom is 0.254 e. The largest absolute Gasteiger partial charge is 0.508 e. The third kappa shape index (κ3) is 1.80. The maximum absolute atomic E-state index is 11.7. The zero-order valence-electron chi connectivity index (χ0n) is 8.47. The summed E-state index contributed by atoms with van der Waals surface area (Å²) in [6.45, 7) is 2.54. The third-order valence-corrected chi connectivity index (χ3v) is 2.61. The Morgan fingerprint density at radius 2 is 2.13 bits per heavy atom. The molecule has 0 aromatic heterocycles. The summed E-state index contributed by atoms with van der Waals surface area (Å²) >= 11 is 0. The van der Waals surface area contributed by atoms with Crippen LogP contribution in [-0.4, -0.2) is 40.2 Å². The van der Waals surface area contributed by atoms with Crippen LogP contribution in [0.1, 0.15) is 15.9 Å². The molecule has 1 aromatic carbocycles. The molecular weight excluding hydrogens is 194 g/mol. The van der Waals surface area contributed by atoms with Gasteiger partial charge in [-0.3, -0.25) is 4.79 Å². The molecule has 0 saturated carbocycles. The van der Waals surface area contributed by atoms with Crippen LogP contribution in [0.15, 0.2) is 18.2 Å². The number of aryl methyl sites for hydroxylation is 1. The summed E-state index contributed by atoms with van der Waals surface area (Å²) in [4.78, 5) is 13.3. The predicted octanol–water partition coefficient (Wildman–Crippen LogP) is 0.517. The fourth-order valence-corrected chi connectivity index (χ4v) is 1.55. The van der Waals surface area contributed by atoms with Crippen LogP contribution in [0.5, 0.6) is 5.75 Å². The molecule has 1 heterocycles. The summed E-state index contributed by atoms with van der Waals surface area (Å²) < 4.78 is 0. The topological polar surface area (TPSA) is 60.8 Å². The van der Waals surface area contributed by atoms with Gasteiger partial charge in [0.05, 0.1) is 6.10 Å². The number of benzene rings is 1. The Hall–Kier alpha value is -1.55. The van der Waals surface area contributed by atoms with E-state index in [-0.39, 0.29) is 11.7 Å². The number of phenols is 1. The molecule has 0 aliphatic carbocycles. The Morgan fingerprint density at radius 1 is 1.47 bits per heavy atom. The summed E-state index contributed by atoms with van der Waals surface area (Å²) in [5.74, 6) is -0.0162. The Balaban J connectivity index is 2.16. The van der Waals surface area contributed by atoms with E-state index in [0.29, 0.717) is 18.7 Å². The van der Waals surface area contributed by atoms with E-state index in [0.717, 1.165) is 5.56 Å². The van der Waals surface area contributed by atoms with Gasteiger partial charge in [-0.1, -0.05) is 6.07 Å². The molecule has 0 unspecified atom stereocenters. The molecule has 1 aliphatic heterocycles. The molecule has 1 saturated heterocycles. The van der Waals surface area contributed by atoms with E-state index < -0.39 is 6.10 Å². The summed E-state index contributed by atoms with van der Waals surface area (Å²) in [7, 11) is 0. The van der Waals surface area contributed by atoms with Crippen LogP contribution >= 0.6 is 0 Å². The number of carbonyl (C=O) groups is 1. The number of hydrogen-bond acceptors (Lipinski definition) is 3. The van der Waals surface area contributed by atoms with Gasteiger partial charge in [-0.2, -0.15) is 0 Å². The van der Waals surface area contributed by atoms with Gasteiger partial charge >= 0.3 is 0 Å². The number of β-amino-alcohol motifs (C(OH)–C–C–N with tert-alkyl or cyclic N) is 1. The SMILES string of the molecule is Cc1ccc(C(=O)N2CC(O)C2)cc1O. The fraction of sp³-hybridized carbons (Fsp3) is 0.364. The number of likely N-dealkylation sites (tertiary alicyclic amines) is 1. The maximum atomic E-state index is 11.7. The average Bonchev–Trinajstić information content (AvgIpc) is 2.16. The van der Waals surface area contributed by atoms with Gasteiger partial charge in [0.1, 0.15) is 5.75 Å². The highest BCUT2D eigenvalue weighted by molar-refractivity contribution is 5.95. The molecule has 2 rings (SSSR count). The Bertz CT molecular complexity index is 397. The van der Waals surface area contributed by atoms with Crippen molar-refractivity contribution in [2.75, 3.05) is 13.1 Å². The van der Waals surface area contributed by atoms with Crippen LogP contribution in [0, 0.1) is 6.92 Å². The Morgan fingerprint density at radius 3 is 2.67 bits per heavy atom. The summed E-state index contributed by atoms with van der Waals surface area (Å²) in [5.41, 5.74) is 1.21. The van der Waals surface area contributed by atoms with Crippen molar-refractivity contribution in [3.8, 4) is 5.75 Å². The molecule has 2 N–H and O–H groups in total. The molecule has 0 spiro atoms. The molecule has 1 fully saturated rings. The molecule has 0 radical (unpaired) electrons. The van der Waals surface area contributed by atoms with Gasteiger partial charge in [0.25, 0.3) is 5.91 Å². The Kier molecular flexibility index (Phi) is 2.36. The second kappa shape index (κ2) is 3.55. The minimum Gasteiger partial charge on any atom is -0.508 e. The van der Waals surface area contributed by atoms with Gasteiger partial charge in [0, 0.05) is 18.7 Å². The van der Waals surface area contributed by atoms with Gasteiger partial charge in [-0.25, -0.2) is 0 Å². The standard InChI is InChI=1S/C11H13NO3/c1-7-2-3-8(4-10(7)14)11(15)12-5-9(13)6-12/h2-4,9,13-14H,5-6H2,1H3. The van der Waals surface area contributed by atoms with Crippen molar-refractivity contribution >= 4 is 5.91 Å². The lowest BCUT2D eigenvalue weighted by atomic mass is 10.1. The molecule has 1 amide bonds. The zero-order chi connectivity index (χ0) is 11.0. The van der Waals surface area contributed by atoms with Crippen molar-refractivity contribution in [1.29, 1.82) is 0 Å². The van der Waals surface area contributed by atoms with Gasteiger partial charge in [0.15, 0.2) is 0 Å². The molecule has 4 nitrogen and oxygen atoms in total. The first-order chi connectivity index (χ1) is 7.08. The van der Waals surface area contributed by atoms with E-state index in [4.69, 9.17) is 5.11 Å². The van der Waals surface area contributed by atoms with Crippen LogP contribution < -0.4 is 0 Å². The molecule has 80 valence electrons. The molecular formula is C11H13NO3. The van der Waals surface area contributed by atoms with E-state index in [1.165, 1.54) is 6.07 Å². The normalized spacial score (nSPS) is 16.3. The van der Waals surface area contributed by atoms with Crippen molar-refractivity contribution < 1.29 is 15.0 Å². The lowest BCUT2D eigenvalue weighted by molar-refractivity contribution is 0.00588. The number of aliphatic hydroxyl groups is 1. The first kappa shape index (κ1) is 9.98. The lowest BCUT2D eigenvalue weighted by Gasteiger charge is -2.35. The van der Waals surface area contributed by atoms with Crippen LogP contribution in [0.4, 0.5) is 0 Å². The first-order valence-corrected chi connectivity index (χ1v) is 4.85. The van der Waals surface area contributed by atoms with Crippen molar-refractivity contribution in [2.45, 2.75) is 13.0 Å². The zero-order valence-corrected chi connectivity index (χ0v) is 8.47. The monoisotopic (exact) mass is 207 g/mol. The number of nitrogens with zero attached hydrogens (tertiary/aromatic N) is 1. The van der Waals surface area contributed by atoms with E-state index in [2.05, 4.69) is 0 Å². The van der Waals surface area contributed by atoms with Gasteiger partial charge in [0.2, 0.25) is 0 Å². The molecule has 0 atom stereocenters. The lowest BCUT2D eigenvalue weighted by Crippen LogP contribution is -2.53. The Labute approximate surface area is 87.8 Å². The number of aromatic hydroxyl groups is 1. The molecule has 0 bridgehead atoms. The van der Waals surface area contributed by atoms with Crippen molar-refractivity contribution in [3.05, 3.63) is 29.3 Å². The first-order valence-electron chi connectivity index (χ1n) is 4.85. The summed E-state index contributed by atoms with van der Waals surface area (Å²) in [6, 6.07) is 4.85. The third-order valence-electron chi connectivity index (χ3n) is 2.61. The highest BCUT2D eigenvalue weighted by Crippen LogP contribution is 2.20. The van der Waals surface area contributed by atoms with Crippen LogP contribution in [0.3, 0.4) is 0 Å². The van der Waals surface area contributed by atoms with E-state index >= 15 is 0 Å². The molecule has 1 aromatic rings. The van der Waals surface area contributed by atoms with Gasteiger partial charge in [-0.05, 0) is 24.6 Å². The quantitative estimate of drug-likeness (QED) is 0.705. The van der Waals surface area contributed by atoms with Crippen LogP contribution in [0.25, 0.3) is 0 Å². The van der Waals surface area contributed by atoms with Crippen molar-refractivity contribution in [1.82, 2.24) is 4.90 Å². The van der Waals surface area contributed by atoms with Crippen LogP contribution in [-0.2, 0) is 0 Å². The number of carbonyl (C=O) groups excluding carboxylic acids is 1. The molecule has 4 heteroatoms. The van der Waals surface area contributed by atoms with E-state index in [9.17, 15) is 9.90 Å². The number of aliphatic hydroxyl groups excluding tert-OH is 1. The fourth-order valence-electron chi connectivity index (χ4n) is 1.55. The predicted molar refractivity (Wildman–Crippen MR) is 54.8 cm³/mol. The highest BCUT2D eigenvalue weighted by Gasteiger charge is 2.29. The number of rotatable bonds is 1. The second-order valence-corrected chi connectivity index (χ2v) is 3.87. The van der Waals surface area contributed by atoms with Crippen molar-refractivity contribution in [3.63, 3.8) is 0 Å². The number of phenolic OH excluding ortho intramolecular Hbond substituents is 1. The van der Waals surface area contributed by atoms with E-state index in [1.807, 2.05) is 0 Å². The molecule has 1 aliphatic rings. The van der Waals surface area contributed by atoms with Gasteiger partial charge < -0.3 is 15.1 Å². The smallest absolute Gasteiger partial charge is 0.254 e. The number of amides is 1. The van der Waals surface area contributed by atoms with E-state index in [1.54, 1.807) is 24.0 Å². The highest BCUT2D eigenvalue weighted by atomic mass is 16.3. The average molecular weight is 207 g/mol. The van der Waals surface area contributed by atoms with Crippen molar-refractivity contribution in [2.24, 2.45) is 0 Å². The minimum absolute atomic E-state index is 0.127. The minimum atomic E-state index is -0.395. The van der Waals surface area contributed by atoms with Gasteiger partial charge in [-0.15, -0.1) is 0 Å².